The van der Waals surface area contributed by atoms with Gasteiger partial charge in [-0.3, -0.25) is 14.4 Å². The summed E-state index contributed by atoms with van der Waals surface area (Å²) in [7, 11) is 0. The molecule has 170 valence electrons. The Kier molecular flexibility index (Phi) is 6.74. The fourth-order valence-corrected chi connectivity index (χ4v) is 5.09. The molecule has 0 radical (unpaired) electrons. The number of thiophene rings is 1. The Balaban J connectivity index is 1.40. The molecular formula is C25H25N3O4S. The van der Waals surface area contributed by atoms with Crippen molar-refractivity contribution in [1.82, 2.24) is 0 Å². The molecule has 0 saturated carbocycles. The van der Waals surface area contributed by atoms with Gasteiger partial charge in [0.1, 0.15) is 10.8 Å². The summed E-state index contributed by atoms with van der Waals surface area (Å²) in [5, 5.41) is 6.14. The van der Waals surface area contributed by atoms with Crippen molar-refractivity contribution in [3.8, 4) is 5.75 Å². The van der Waals surface area contributed by atoms with Crippen LogP contribution in [0.15, 0.2) is 54.6 Å². The molecule has 33 heavy (non-hydrogen) atoms. The van der Waals surface area contributed by atoms with E-state index in [1.807, 2.05) is 18.2 Å². The topological polar surface area (TPSA) is 111 Å². The van der Waals surface area contributed by atoms with Gasteiger partial charge in [0.15, 0.2) is 6.10 Å². The second-order valence-corrected chi connectivity index (χ2v) is 8.98. The van der Waals surface area contributed by atoms with E-state index in [1.54, 1.807) is 43.3 Å². The molecule has 3 aromatic rings. The number of fused-ring (bicyclic) bond motifs is 1. The molecule has 1 aliphatic rings. The molecule has 0 spiro atoms. The lowest BCUT2D eigenvalue weighted by Crippen LogP contribution is -2.30. The lowest BCUT2D eigenvalue weighted by atomic mass is 9.95. The van der Waals surface area contributed by atoms with Gasteiger partial charge in [-0.2, -0.15) is 0 Å². The highest BCUT2D eigenvalue weighted by atomic mass is 32.1. The minimum atomic E-state index is -0.722. The highest BCUT2D eigenvalue weighted by molar-refractivity contribution is 7.17. The number of aryl methyl sites for hydroxylation is 1. The first-order valence-electron chi connectivity index (χ1n) is 10.8. The van der Waals surface area contributed by atoms with Gasteiger partial charge in [0, 0.05) is 16.1 Å². The maximum absolute atomic E-state index is 12.8. The summed E-state index contributed by atoms with van der Waals surface area (Å²) >= 11 is 1.43. The molecule has 0 saturated heterocycles. The van der Waals surface area contributed by atoms with Gasteiger partial charge >= 0.3 is 0 Å². The number of anilines is 2. The predicted molar refractivity (Wildman–Crippen MR) is 129 cm³/mol. The van der Waals surface area contributed by atoms with E-state index in [-0.39, 0.29) is 11.8 Å². The van der Waals surface area contributed by atoms with Crippen LogP contribution in [0.3, 0.4) is 0 Å². The molecule has 4 rings (SSSR count). The van der Waals surface area contributed by atoms with Crippen molar-refractivity contribution in [2.75, 3.05) is 10.6 Å². The Labute approximate surface area is 196 Å². The monoisotopic (exact) mass is 463 g/mol. The Hall–Kier alpha value is -3.65. The average molecular weight is 464 g/mol. The average Bonchev–Trinajstić information content (AvgIpc) is 3.18. The normalized spacial score (nSPS) is 13.5. The fourth-order valence-electron chi connectivity index (χ4n) is 3.80. The van der Waals surface area contributed by atoms with Gasteiger partial charge in [-0.05, 0) is 74.6 Å². The van der Waals surface area contributed by atoms with E-state index in [0.717, 1.165) is 36.1 Å². The van der Waals surface area contributed by atoms with Crippen LogP contribution < -0.4 is 21.1 Å². The molecule has 1 aromatic heterocycles. The maximum Gasteiger partial charge on any atom is 0.265 e. The third-order valence-corrected chi connectivity index (χ3v) is 6.69. The Bertz CT molecular complexity index is 1170. The minimum absolute atomic E-state index is 0.274. The lowest BCUT2D eigenvalue weighted by molar-refractivity contribution is -0.122. The second kappa shape index (κ2) is 9.87. The van der Waals surface area contributed by atoms with Crippen molar-refractivity contribution in [2.24, 2.45) is 5.73 Å². The summed E-state index contributed by atoms with van der Waals surface area (Å²) in [5.74, 6) is -0.663. The number of primary amides is 1. The van der Waals surface area contributed by atoms with Crippen LogP contribution >= 0.6 is 11.3 Å². The van der Waals surface area contributed by atoms with E-state index >= 15 is 0 Å². The van der Waals surface area contributed by atoms with E-state index in [2.05, 4.69) is 10.6 Å². The molecule has 0 unspecified atom stereocenters. The fraction of sp³-hybridized carbons (Fsp3) is 0.240. The molecule has 1 aliphatic carbocycles. The summed E-state index contributed by atoms with van der Waals surface area (Å²) in [6.07, 6.45) is 3.07. The van der Waals surface area contributed by atoms with Crippen LogP contribution in [0.2, 0.25) is 0 Å². The number of amides is 3. The van der Waals surface area contributed by atoms with E-state index in [0.29, 0.717) is 27.6 Å². The predicted octanol–water partition coefficient (Wildman–Crippen LogP) is 4.38. The van der Waals surface area contributed by atoms with E-state index < -0.39 is 12.0 Å². The SMILES string of the molecule is C[C@H](Oc1ccc(C(=O)Nc2sc3c(c2C(N)=O)CCCC3)cc1)C(=O)Nc1ccccc1. The summed E-state index contributed by atoms with van der Waals surface area (Å²) in [4.78, 5) is 38.3. The first kappa shape index (κ1) is 22.5. The summed E-state index contributed by atoms with van der Waals surface area (Å²) in [6, 6.07) is 15.6. The van der Waals surface area contributed by atoms with Gasteiger partial charge in [-0.15, -0.1) is 11.3 Å². The number of nitrogens with two attached hydrogens (primary N) is 1. The van der Waals surface area contributed by atoms with Crippen LogP contribution in [0.4, 0.5) is 10.7 Å². The van der Waals surface area contributed by atoms with E-state index in [1.165, 1.54) is 11.3 Å². The van der Waals surface area contributed by atoms with Crippen molar-refractivity contribution in [3.05, 3.63) is 76.2 Å². The molecule has 1 heterocycles. The number of benzene rings is 2. The van der Waals surface area contributed by atoms with Crippen LogP contribution in [0.25, 0.3) is 0 Å². The van der Waals surface area contributed by atoms with E-state index in [4.69, 9.17) is 10.5 Å². The van der Waals surface area contributed by atoms with Gasteiger partial charge in [0.05, 0.1) is 5.56 Å². The number of hydrogen-bond donors (Lipinski definition) is 3. The first-order valence-corrected chi connectivity index (χ1v) is 11.6. The number of carbonyl (C=O) groups excluding carboxylic acids is 3. The number of hydrogen-bond acceptors (Lipinski definition) is 5. The van der Waals surface area contributed by atoms with Crippen molar-refractivity contribution >= 4 is 39.7 Å². The smallest absolute Gasteiger partial charge is 0.265 e. The molecule has 3 amide bonds. The molecule has 4 N–H and O–H groups in total. The Morgan fingerprint density at radius 3 is 2.36 bits per heavy atom. The van der Waals surface area contributed by atoms with Gasteiger partial charge in [0.25, 0.3) is 17.7 Å². The van der Waals surface area contributed by atoms with Crippen LogP contribution in [0.5, 0.6) is 5.75 Å². The number of carbonyl (C=O) groups is 3. The molecule has 7 nitrogen and oxygen atoms in total. The van der Waals surface area contributed by atoms with Gasteiger partial charge < -0.3 is 21.1 Å². The molecule has 0 fully saturated rings. The summed E-state index contributed by atoms with van der Waals surface area (Å²) in [5.41, 5.74) is 8.11. The quantitative estimate of drug-likeness (QED) is 0.483. The third-order valence-electron chi connectivity index (χ3n) is 5.48. The highest BCUT2D eigenvalue weighted by Gasteiger charge is 2.25. The van der Waals surface area contributed by atoms with Gasteiger partial charge in [0.2, 0.25) is 0 Å². The molecule has 0 bridgehead atoms. The second-order valence-electron chi connectivity index (χ2n) is 7.87. The Morgan fingerprint density at radius 1 is 0.970 bits per heavy atom. The standard InChI is InChI=1S/C25H25N3O4S/c1-15(23(30)27-17-7-3-2-4-8-17)32-18-13-11-16(12-14-18)24(31)28-25-21(22(26)29)19-9-5-6-10-20(19)33-25/h2-4,7-8,11-15H,5-6,9-10H2,1H3,(H2,26,29)(H,27,30)(H,28,31)/t15-/m0/s1. The van der Waals surface area contributed by atoms with E-state index in [9.17, 15) is 14.4 Å². The third kappa shape index (κ3) is 5.23. The van der Waals surface area contributed by atoms with Crippen LogP contribution in [-0.2, 0) is 17.6 Å². The summed E-state index contributed by atoms with van der Waals surface area (Å²) < 4.78 is 5.70. The number of ether oxygens (including phenoxy) is 1. The number of nitrogens with one attached hydrogen (secondary N) is 2. The van der Waals surface area contributed by atoms with Crippen LogP contribution in [0, 0.1) is 0 Å². The number of para-hydroxylation sites is 1. The largest absolute Gasteiger partial charge is 0.481 e. The molecule has 8 heteroatoms. The zero-order chi connectivity index (χ0) is 23.4. The van der Waals surface area contributed by atoms with Gasteiger partial charge in [-0.25, -0.2) is 0 Å². The van der Waals surface area contributed by atoms with Crippen molar-refractivity contribution < 1.29 is 19.1 Å². The molecule has 0 aliphatic heterocycles. The zero-order valence-corrected chi connectivity index (χ0v) is 19.0. The molecular weight excluding hydrogens is 438 g/mol. The lowest BCUT2D eigenvalue weighted by Gasteiger charge is -2.15. The Morgan fingerprint density at radius 2 is 1.67 bits per heavy atom. The highest BCUT2D eigenvalue weighted by Crippen LogP contribution is 2.38. The first-order chi connectivity index (χ1) is 15.9. The number of rotatable bonds is 7. The van der Waals surface area contributed by atoms with Crippen molar-refractivity contribution in [1.29, 1.82) is 0 Å². The molecule has 1 atom stereocenters. The summed E-state index contributed by atoms with van der Waals surface area (Å²) in [6.45, 7) is 1.66. The van der Waals surface area contributed by atoms with Gasteiger partial charge in [-0.1, -0.05) is 18.2 Å². The van der Waals surface area contributed by atoms with Crippen molar-refractivity contribution in [2.45, 2.75) is 38.7 Å². The maximum atomic E-state index is 12.8. The van der Waals surface area contributed by atoms with Crippen LogP contribution in [-0.4, -0.2) is 23.8 Å². The molecule has 2 aromatic carbocycles. The van der Waals surface area contributed by atoms with Crippen LogP contribution in [0.1, 0.15) is 50.9 Å². The minimum Gasteiger partial charge on any atom is -0.481 e. The zero-order valence-electron chi connectivity index (χ0n) is 18.2. The van der Waals surface area contributed by atoms with Crippen molar-refractivity contribution in [3.63, 3.8) is 0 Å².